The Kier molecular flexibility index (Phi) is 5.68. The molecule has 2 aromatic heterocycles. The van der Waals surface area contributed by atoms with E-state index >= 15 is 0 Å². The fourth-order valence-corrected chi connectivity index (χ4v) is 4.35. The number of benzene rings is 2. The minimum Gasteiger partial charge on any atom is -0.351 e. The maximum Gasteiger partial charge on any atom is 0.257 e. The van der Waals surface area contributed by atoms with Crippen molar-refractivity contribution in [3.05, 3.63) is 82.6 Å². The summed E-state index contributed by atoms with van der Waals surface area (Å²) < 4.78 is 0. The van der Waals surface area contributed by atoms with Crippen LogP contribution in [0.25, 0.3) is 22.3 Å². The van der Waals surface area contributed by atoms with Gasteiger partial charge < -0.3 is 9.80 Å². The van der Waals surface area contributed by atoms with Crippen molar-refractivity contribution in [3.8, 4) is 11.3 Å². The number of aromatic nitrogens is 3. The predicted octanol–water partition coefficient (Wildman–Crippen LogP) is 4.92. The van der Waals surface area contributed by atoms with Gasteiger partial charge in [0.2, 0.25) is 0 Å². The molecule has 2 aromatic carbocycles. The van der Waals surface area contributed by atoms with E-state index in [1.54, 1.807) is 18.3 Å². The zero-order chi connectivity index (χ0) is 22.9. The second kappa shape index (κ2) is 8.79. The van der Waals surface area contributed by atoms with Crippen molar-refractivity contribution in [1.29, 1.82) is 0 Å². The van der Waals surface area contributed by atoms with Crippen LogP contribution in [0.2, 0.25) is 5.15 Å². The van der Waals surface area contributed by atoms with Crippen LogP contribution in [-0.4, -0.2) is 51.9 Å². The normalized spacial score (nSPS) is 14.0. The Morgan fingerprint density at radius 2 is 1.55 bits per heavy atom. The third-order valence-corrected chi connectivity index (χ3v) is 6.47. The van der Waals surface area contributed by atoms with Gasteiger partial charge in [-0.1, -0.05) is 41.9 Å². The Morgan fingerprint density at radius 3 is 2.21 bits per heavy atom. The fraction of sp³-hybridized carbons (Fsp3) is 0.231. The summed E-state index contributed by atoms with van der Waals surface area (Å²) in [5, 5.41) is 0.238. The van der Waals surface area contributed by atoms with Crippen molar-refractivity contribution in [2.75, 3.05) is 31.1 Å². The number of carbonyl (C=O) groups excluding carboxylic acids is 1. The van der Waals surface area contributed by atoms with E-state index in [-0.39, 0.29) is 11.1 Å². The minimum absolute atomic E-state index is 0.0910. The Bertz CT molecular complexity index is 1330. The van der Waals surface area contributed by atoms with E-state index in [1.807, 2.05) is 23.1 Å². The first kappa shape index (κ1) is 21.3. The largest absolute Gasteiger partial charge is 0.351 e. The second-order valence-electron chi connectivity index (χ2n) is 8.31. The van der Waals surface area contributed by atoms with Gasteiger partial charge in [0.05, 0.1) is 16.6 Å². The molecule has 1 saturated heterocycles. The zero-order valence-electron chi connectivity index (χ0n) is 18.6. The van der Waals surface area contributed by atoms with Crippen LogP contribution in [0.5, 0.6) is 0 Å². The molecule has 33 heavy (non-hydrogen) atoms. The highest BCUT2D eigenvalue weighted by Gasteiger charge is 2.26. The van der Waals surface area contributed by atoms with Gasteiger partial charge in [0.15, 0.2) is 5.82 Å². The summed E-state index contributed by atoms with van der Waals surface area (Å²) in [6.07, 6.45) is 1.59. The molecule has 3 heterocycles. The zero-order valence-corrected chi connectivity index (χ0v) is 19.4. The monoisotopic (exact) mass is 457 g/mol. The SMILES string of the molecule is Cc1cc2nc(-c3ccccc3)c(N3CCN(C(=O)c4cccnc4Cl)CC3)nc2cc1C. The molecule has 4 aromatic rings. The quantitative estimate of drug-likeness (QED) is 0.408. The van der Waals surface area contributed by atoms with E-state index in [2.05, 4.69) is 48.0 Å². The Hall–Kier alpha value is -3.51. The predicted molar refractivity (Wildman–Crippen MR) is 132 cm³/mol. The molecule has 0 bridgehead atoms. The van der Waals surface area contributed by atoms with Crippen LogP contribution in [0, 0.1) is 13.8 Å². The first-order valence-electron chi connectivity index (χ1n) is 11.0. The molecule has 0 aliphatic carbocycles. The van der Waals surface area contributed by atoms with Crippen molar-refractivity contribution in [2.24, 2.45) is 0 Å². The Labute approximate surface area is 197 Å². The molecule has 166 valence electrons. The van der Waals surface area contributed by atoms with Gasteiger partial charge in [0, 0.05) is 37.9 Å². The molecule has 0 unspecified atom stereocenters. The summed E-state index contributed by atoms with van der Waals surface area (Å²) in [6, 6.07) is 17.8. The van der Waals surface area contributed by atoms with Crippen LogP contribution in [0.4, 0.5) is 5.82 Å². The average Bonchev–Trinajstić information content (AvgIpc) is 2.85. The fourth-order valence-electron chi connectivity index (χ4n) is 4.15. The van der Waals surface area contributed by atoms with Crippen LogP contribution < -0.4 is 4.90 Å². The standard InChI is InChI=1S/C26H24ClN5O/c1-17-15-21-22(16-18(17)2)30-25(23(29-21)19-7-4-3-5-8-19)31-11-13-32(14-12-31)26(33)20-9-6-10-28-24(20)27/h3-10,15-16H,11-14H2,1-2H3. The van der Waals surface area contributed by atoms with Crippen LogP contribution >= 0.6 is 11.6 Å². The number of amides is 1. The molecular weight excluding hydrogens is 434 g/mol. The Balaban J connectivity index is 1.47. The lowest BCUT2D eigenvalue weighted by Gasteiger charge is -2.36. The topological polar surface area (TPSA) is 62.2 Å². The third kappa shape index (κ3) is 4.14. The van der Waals surface area contributed by atoms with Crippen molar-refractivity contribution in [2.45, 2.75) is 13.8 Å². The van der Waals surface area contributed by atoms with Gasteiger partial charge in [0.1, 0.15) is 10.8 Å². The number of rotatable bonds is 3. The third-order valence-electron chi connectivity index (χ3n) is 6.16. The van der Waals surface area contributed by atoms with Crippen LogP contribution in [-0.2, 0) is 0 Å². The molecular formula is C26H24ClN5O. The molecule has 0 spiro atoms. The van der Waals surface area contributed by atoms with E-state index in [9.17, 15) is 4.79 Å². The highest BCUT2D eigenvalue weighted by molar-refractivity contribution is 6.32. The van der Waals surface area contributed by atoms with Crippen LogP contribution in [0.15, 0.2) is 60.8 Å². The number of nitrogens with zero attached hydrogens (tertiary/aromatic N) is 5. The Morgan fingerprint density at radius 1 is 0.879 bits per heavy atom. The van der Waals surface area contributed by atoms with Gasteiger partial charge in [0.25, 0.3) is 5.91 Å². The van der Waals surface area contributed by atoms with Gasteiger partial charge in [-0.2, -0.15) is 0 Å². The number of aryl methyl sites for hydroxylation is 2. The van der Waals surface area contributed by atoms with Crippen molar-refractivity contribution >= 4 is 34.4 Å². The van der Waals surface area contributed by atoms with Crippen LogP contribution in [0.3, 0.4) is 0 Å². The molecule has 7 heteroatoms. The number of carbonyl (C=O) groups is 1. The lowest BCUT2D eigenvalue weighted by molar-refractivity contribution is 0.0746. The maximum atomic E-state index is 13.0. The van der Waals surface area contributed by atoms with Crippen molar-refractivity contribution in [3.63, 3.8) is 0 Å². The first-order chi connectivity index (χ1) is 16.0. The van der Waals surface area contributed by atoms with Crippen molar-refractivity contribution < 1.29 is 4.79 Å². The van der Waals surface area contributed by atoms with E-state index < -0.39 is 0 Å². The molecule has 6 nitrogen and oxygen atoms in total. The van der Waals surface area contributed by atoms with Gasteiger partial charge >= 0.3 is 0 Å². The van der Waals surface area contributed by atoms with E-state index in [0.717, 1.165) is 28.1 Å². The lowest BCUT2D eigenvalue weighted by atomic mass is 10.1. The number of fused-ring (bicyclic) bond motifs is 1. The molecule has 0 radical (unpaired) electrons. The second-order valence-corrected chi connectivity index (χ2v) is 8.67. The number of halogens is 1. The summed E-state index contributed by atoms with van der Waals surface area (Å²) in [7, 11) is 0. The van der Waals surface area contributed by atoms with Gasteiger partial charge in [-0.05, 0) is 49.2 Å². The average molecular weight is 458 g/mol. The number of anilines is 1. The first-order valence-corrected chi connectivity index (χ1v) is 11.4. The van der Waals surface area contributed by atoms with Gasteiger partial charge in [-0.3, -0.25) is 4.79 Å². The number of hydrogen-bond acceptors (Lipinski definition) is 5. The highest BCUT2D eigenvalue weighted by Crippen LogP contribution is 2.31. The molecule has 1 amide bonds. The highest BCUT2D eigenvalue weighted by atomic mass is 35.5. The molecule has 1 aliphatic heterocycles. The summed E-state index contributed by atoms with van der Waals surface area (Å²) in [5.41, 5.74) is 6.49. The molecule has 0 N–H and O–H groups in total. The molecule has 0 atom stereocenters. The van der Waals surface area contributed by atoms with E-state index in [4.69, 9.17) is 21.6 Å². The van der Waals surface area contributed by atoms with Gasteiger partial charge in [-0.25, -0.2) is 15.0 Å². The molecule has 5 rings (SSSR count). The maximum absolute atomic E-state index is 13.0. The summed E-state index contributed by atoms with van der Waals surface area (Å²) in [6.45, 7) is 6.66. The molecule has 1 fully saturated rings. The lowest BCUT2D eigenvalue weighted by Crippen LogP contribution is -2.49. The number of pyridine rings is 1. The minimum atomic E-state index is -0.0910. The van der Waals surface area contributed by atoms with Gasteiger partial charge in [-0.15, -0.1) is 0 Å². The molecule has 1 aliphatic rings. The molecule has 0 saturated carbocycles. The number of hydrogen-bond donors (Lipinski definition) is 0. The smallest absolute Gasteiger partial charge is 0.257 e. The number of piperazine rings is 1. The summed E-state index contributed by atoms with van der Waals surface area (Å²) >= 11 is 6.14. The van der Waals surface area contributed by atoms with E-state index in [1.165, 1.54) is 11.1 Å². The van der Waals surface area contributed by atoms with Crippen LogP contribution in [0.1, 0.15) is 21.5 Å². The van der Waals surface area contributed by atoms with Crippen molar-refractivity contribution in [1.82, 2.24) is 19.9 Å². The summed E-state index contributed by atoms with van der Waals surface area (Å²) in [4.78, 5) is 31.1. The summed E-state index contributed by atoms with van der Waals surface area (Å²) in [5.74, 6) is 0.759. The van der Waals surface area contributed by atoms with E-state index in [0.29, 0.717) is 31.7 Å².